The van der Waals surface area contributed by atoms with Crippen LogP contribution in [0.25, 0.3) is 0 Å². The van der Waals surface area contributed by atoms with Gasteiger partial charge in [-0.05, 0) is 38.5 Å². The molecule has 1 N–H and O–H groups in total. The van der Waals surface area contributed by atoms with Crippen molar-refractivity contribution < 1.29 is 5.11 Å². The summed E-state index contributed by atoms with van der Waals surface area (Å²) in [5.74, 6) is 0.968. The lowest BCUT2D eigenvalue weighted by atomic mass is 9.86. The molecule has 0 amide bonds. The van der Waals surface area contributed by atoms with Gasteiger partial charge in [0.05, 0.1) is 6.10 Å². The van der Waals surface area contributed by atoms with Crippen LogP contribution < -0.4 is 0 Å². The molecule has 0 aromatic carbocycles. The van der Waals surface area contributed by atoms with Crippen molar-refractivity contribution in [2.45, 2.75) is 58.6 Å². The van der Waals surface area contributed by atoms with Crippen molar-refractivity contribution in [3.05, 3.63) is 0 Å². The van der Waals surface area contributed by atoms with Crippen molar-refractivity contribution in [1.29, 1.82) is 0 Å². The molecule has 0 saturated heterocycles. The quantitative estimate of drug-likeness (QED) is 0.728. The molecule has 0 heterocycles. The summed E-state index contributed by atoms with van der Waals surface area (Å²) in [7, 11) is 0. The minimum atomic E-state index is -0.210. The minimum absolute atomic E-state index is 0.0392. The van der Waals surface area contributed by atoms with E-state index in [1.165, 1.54) is 32.2 Å². The van der Waals surface area contributed by atoms with Crippen LogP contribution >= 0.6 is 0 Å². The first kappa shape index (κ1) is 11.4. The molecule has 1 atom stereocenters. The molecule has 2 fully saturated rings. The smallest absolute Gasteiger partial charge is 0.0575 e. The zero-order valence-corrected chi connectivity index (χ0v) is 10.4. The molecule has 0 aliphatic heterocycles. The van der Waals surface area contributed by atoms with Crippen molar-refractivity contribution in [3.8, 4) is 0 Å². The Balaban J connectivity index is 1.86. The number of aliphatic hydroxyl groups excluding tert-OH is 1. The van der Waals surface area contributed by atoms with Gasteiger partial charge in [0.1, 0.15) is 0 Å². The highest BCUT2D eigenvalue weighted by Gasteiger charge is 2.37. The fourth-order valence-corrected chi connectivity index (χ4v) is 2.07. The third kappa shape index (κ3) is 3.18. The molecule has 2 heteroatoms. The summed E-state index contributed by atoms with van der Waals surface area (Å²) in [6.07, 6.45) is 5.40. The van der Waals surface area contributed by atoms with Crippen LogP contribution in [0.15, 0.2) is 0 Å². The highest BCUT2D eigenvalue weighted by Crippen LogP contribution is 2.37. The molecular weight excluding hydrogens is 186 g/mol. The van der Waals surface area contributed by atoms with Crippen LogP contribution in [-0.2, 0) is 0 Å². The molecule has 88 valence electrons. The van der Waals surface area contributed by atoms with E-state index in [2.05, 4.69) is 18.7 Å². The number of aliphatic hydroxyl groups is 1. The Hall–Kier alpha value is -0.0800. The lowest BCUT2D eigenvalue weighted by Gasteiger charge is -2.35. The third-order valence-electron chi connectivity index (χ3n) is 3.99. The van der Waals surface area contributed by atoms with Crippen molar-refractivity contribution in [2.24, 2.45) is 11.3 Å². The zero-order chi connectivity index (χ0) is 11.1. The summed E-state index contributed by atoms with van der Waals surface area (Å²) in [6, 6.07) is 0.837. The van der Waals surface area contributed by atoms with E-state index >= 15 is 0 Å². The predicted octanol–water partition coefficient (Wildman–Crippen LogP) is 2.27. The highest BCUT2D eigenvalue weighted by atomic mass is 16.3. The second-order valence-electron chi connectivity index (χ2n) is 6.27. The summed E-state index contributed by atoms with van der Waals surface area (Å²) in [4.78, 5) is 2.63. The molecule has 2 saturated carbocycles. The van der Waals surface area contributed by atoms with Crippen molar-refractivity contribution in [3.63, 3.8) is 0 Å². The first-order chi connectivity index (χ1) is 6.99. The van der Waals surface area contributed by atoms with Gasteiger partial charge in [-0.2, -0.15) is 0 Å². The van der Waals surface area contributed by atoms with Gasteiger partial charge in [-0.3, -0.25) is 4.90 Å². The van der Waals surface area contributed by atoms with Crippen LogP contribution in [0, 0.1) is 11.3 Å². The maximum Gasteiger partial charge on any atom is 0.0575 e. The van der Waals surface area contributed by atoms with Crippen LogP contribution in [0.3, 0.4) is 0 Å². The van der Waals surface area contributed by atoms with Gasteiger partial charge in [0.15, 0.2) is 0 Å². The summed E-state index contributed by atoms with van der Waals surface area (Å²) in [5.41, 5.74) is 0.0392. The highest BCUT2D eigenvalue weighted by molar-refractivity contribution is 4.91. The largest absolute Gasteiger partial charge is 0.393 e. The van der Waals surface area contributed by atoms with E-state index in [0.717, 1.165) is 18.5 Å². The number of hydrogen-bond acceptors (Lipinski definition) is 2. The Morgan fingerprint density at radius 2 is 1.87 bits per heavy atom. The molecule has 0 aromatic rings. The van der Waals surface area contributed by atoms with Crippen molar-refractivity contribution >= 4 is 0 Å². The van der Waals surface area contributed by atoms with Crippen LogP contribution in [0.4, 0.5) is 0 Å². The molecule has 0 radical (unpaired) electrons. The summed E-state index contributed by atoms with van der Waals surface area (Å²) in [6.45, 7) is 8.62. The van der Waals surface area contributed by atoms with Crippen LogP contribution in [0.2, 0.25) is 0 Å². The zero-order valence-electron chi connectivity index (χ0n) is 10.4. The topological polar surface area (TPSA) is 23.5 Å². The Morgan fingerprint density at radius 3 is 2.27 bits per heavy atom. The van der Waals surface area contributed by atoms with Gasteiger partial charge in [0.2, 0.25) is 0 Å². The molecule has 2 nitrogen and oxygen atoms in total. The molecule has 0 spiro atoms. The monoisotopic (exact) mass is 211 g/mol. The molecule has 0 bridgehead atoms. The number of nitrogens with zero attached hydrogens (tertiary/aromatic N) is 1. The molecule has 2 rings (SSSR count). The van der Waals surface area contributed by atoms with E-state index in [0.29, 0.717) is 0 Å². The van der Waals surface area contributed by atoms with Crippen LogP contribution in [0.5, 0.6) is 0 Å². The van der Waals surface area contributed by atoms with E-state index in [-0.39, 0.29) is 11.5 Å². The Morgan fingerprint density at radius 1 is 1.27 bits per heavy atom. The fraction of sp³-hybridized carbons (Fsp3) is 1.00. The first-order valence-electron chi connectivity index (χ1n) is 6.41. The van der Waals surface area contributed by atoms with Gasteiger partial charge < -0.3 is 5.11 Å². The molecule has 1 unspecified atom stereocenters. The maximum absolute atomic E-state index is 9.75. The summed E-state index contributed by atoms with van der Waals surface area (Å²) >= 11 is 0. The van der Waals surface area contributed by atoms with Gasteiger partial charge in [-0.1, -0.05) is 13.8 Å². The average Bonchev–Trinajstić information content (AvgIpc) is 2.98. The Bertz CT molecular complexity index is 217. The normalized spacial score (nSPS) is 24.6. The van der Waals surface area contributed by atoms with Crippen molar-refractivity contribution in [2.75, 3.05) is 13.1 Å². The van der Waals surface area contributed by atoms with E-state index in [4.69, 9.17) is 0 Å². The van der Waals surface area contributed by atoms with E-state index < -0.39 is 0 Å². The molecule has 15 heavy (non-hydrogen) atoms. The number of hydrogen-bond donors (Lipinski definition) is 1. The standard InChI is InChI=1S/C13H25NO/c1-10(15)13(2,3)9-14(12-6-7-12)8-11-4-5-11/h10-12,15H,4-9H2,1-3H3. The fourth-order valence-electron chi connectivity index (χ4n) is 2.07. The second kappa shape index (κ2) is 4.06. The summed E-state index contributed by atoms with van der Waals surface area (Å²) < 4.78 is 0. The minimum Gasteiger partial charge on any atom is -0.393 e. The maximum atomic E-state index is 9.75. The van der Waals surface area contributed by atoms with Gasteiger partial charge in [0.25, 0.3) is 0 Å². The van der Waals surface area contributed by atoms with Gasteiger partial charge in [-0.15, -0.1) is 0 Å². The Kier molecular flexibility index (Phi) is 3.09. The predicted molar refractivity (Wildman–Crippen MR) is 62.8 cm³/mol. The lowest BCUT2D eigenvalue weighted by molar-refractivity contribution is 0.0308. The van der Waals surface area contributed by atoms with E-state index in [1.54, 1.807) is 0 Å². The van der Waals surface area contributed by atoms with Crippen LogP contribution in [-0.4, -0.2) is 35.2 Å². The van der Waals surface area contributed by atoms with Crippen molar-refractivity contribution in [1.82, 2.24) is 4.90 Å². The first-order valence-corrected chi connectivity index (χ1v) is 6.41. The van der Waals surface area contributed by atoms with Gasteiger partial charge >= 0.3 is 0 Å². The molecular formula is C13H25NO. The number of rotatable bonds is 6. The van der Waals surface area contributed by atoms with Gasteiger partial charge in [0, 0.05) is 24.5 Å². The van der Waals surface area contributed by atoms with Gasteiger partial charge in [-0.25, -0.2) is 0 Å². The molecule has 2 aliphatic carbocycles. The molecule has 0 aromatic heterocycles. The summed E-state index contributed by atoms with van der Waals surface area (Å²) in [5, 5.41) is 9.75. The van der Waals surface area contributed by atoms with E-state index in [9.17, 15) is 5.11 Å². The SMILES string of the molecule is CC(O)C(C)(C)CN(CC1CC1)C1CC1. The molecule has 2 aliphatic rings. The van der Waals surface area contributed by atoms with E-state index in [1.807, 2.05) is 6.92 Å². The van der Waals surface area contributed by atoms with Crippen LogP contribution in [0.1, 0.15) is 46.5 Å². The average molecular weight is 211 g/mol. The lowest BCUT2D eigenvalue weighted by Crippen LogP contribution is -2.42. The second-order valence-corrected chi connectivity index (χ2v) is 6.27. The Labute approximate surface area is 93.7 Å². The third-order valence-corrected chi connectivity index (χ3v) is 3.99.